The van der Waals surface area contributed by atoms with Gasteiger partial charge in [-0.25, -0.2) is 0 Å². The number of hydrogen-bond donors (Lipinski definition) is 1. The summed E-state index contributed by atoms with van der Waals surface area (Å²) in [5.41, 5.74) is 0.124. The second-order valence-electron chi connectivity index (χ2n) is 3.79. The van der Waals surface area contributed by atoms with Crippen molar-refractivity contribution < 1.29 is 14.6 Å². The van der Waals surface area contributed by atoms with E-state index in [9.17, 15) is 0 Å². The van der Waals surface area contributed by atoms with E-state index < -0.39 is 0 Å². The molecule has 2 aliphatic rings. The molecule has 76 valence electrons. The Balaban J connectivity index is 1.93. The van der Waals surface area contributed by atoms with Gasteiger partial charge in [0.25, 0.3) is 0 Å². The maximum Gasteiger partial charge on any atom is 0.0702 e. The molecule has 0 aromatic rings. The zero-order valence-corrected chi connectivity index (χ0v) is 7.87. The predicted molar refractivity (Wildman–Crippen MR) is 47.6 cm³/mol. The molecule has 0 spiro atoms. The monoisotopic (exact) mass is 187 g/mol. The Labute approximate surface area is 78.4 Å². The number of aliphatic hydroxyl groups excluding tert-OH is 1. The first kappa shape index (κ1) is 9.40. The first-order chi connectivity index (χ1) is 6.37. The van der Waals surface area contributed by atoms with Gasteiger partial charge in [-0.15, -0.1) is 0 Å². The van der Waals surface area contributed by atoms with E-state index in [0.29, 0.717) is 0 Å². The molecular weight excluding hydrogens is 170 g/mol. The van der Waals surface area contributed by atoms with Crippen LogP contribution >= 0.6 is 0 Å². The van der Waals surface area contributed by atoms with Crippen molar-refractivity contribution in [2.45, 2.75) is 12.0 Å². The van der Waals surface area contributed by atoms with Gasteiger partial charge in [-0.3, -0.25) is 4.90 Å². The first-order valence-corrected chi connectivity index (χ1v) is 4.89. The lowest BCUT2D eigenvalue weighted by atomic mass is 9.90. The molecule has 0 amide bonds. The minimum Gasteiger partial charge on any atom is -0.396 e. The largest absolute Gasteiger partial charge is 0.396 e. The van der Waals surface area contributed by atoms with Gasteiger partial charge in [0.05, 0.1) is 32.0 Å². The Hall–Kier alpha value is -0.160. The lowest BCUT2D eigenvalue weighted by Crippen LogP contribution is -2.64. The van der Waals surface area contributed by atoms with Crippen molar-refractivity contribution in [1.29, 1.82) is 0 Å². The molecule has 1 N–H and O–H groups in total. The summed E-state index contributed by atoms with van der Waals surface area (Å²) in [7, 11) is 0. The normalized spacial score (nSPS) is 28.4. The number of rotatable bonds is 3. The Morgan fingerprint density at radius 3 is 2.31 bits per heavy atom. The second-order valence-corrected chi connectivity index (χ2v) is 3.79. The van der Waals surface area contributed by atoms with E-state index in [1.807, 2.05) is 0 Å². The smallest absolute Gasteiger partial charge is 0.0702 e. The van der Waals surface area contributed by atoms with Crippen molar-refractivity contribution in [3.05, 3.63) is 0 Å². The molecule has 0 aliphatic carbocycles. The van der Waals surface area contributed by atoms with E-state index in [-0.39, 0.29) is 12.1 Å². The summed E-state index contributed by atoms with van der Waals surface area (Å²) in [6.07, 6.45) is 0.826. The third-order valence-corrected chi connectivity index (χ3v) is 3.00. The Morgan fingerprint density at radius 1 is 1.15 bits per heavy atom. The van der Waals surface area contributed by atoms with Gasteiger partial charge in [0.15, 0.2) is 0 Å². The minimum atomic E-state index is 0.124. The van der Waals surface area contributed by atoms with Crippen molar-refractivity contribution in [2.24, 2.45) is 0 Å². The van der Waals surface area contributed by atoms with Crippen LogP contribution in [0.15, 0.2) is 0 Å². The summed E-state index contributed by atoms with van der Waals surface area (Å²) in [6, 6.07) is 0. The lowest BCUT2D eigenvalue weighted by Gasteiger charge is -2.50. The van der Waals surface area contributed by atoms with Gasteiger partial charge in [0, 0.05) is 19.7 Å². The van der Waals surface area contributed by atoms with Crippen molar-refractivity contribution in [3.8, 4) is 0 Å². The van der Waals surface area contributed by atoms with Gasteiger partial charge in [-0.05, 0) is 6.42 Å². The third kappa shape index (κ3) is 1.72. The van der Waals surface area contributed by atoms with Gasteiger partial charge < -0.3 is 14.6 Å². The van der Waals surface area contributed by atoms with Crippen LogP contribution < -0.4 is 0 Å². The van der Waals surface area contributed by atoms with Crippen molar-refractivity contribution in [3.63, 3.8) is 0 Å². The van der Waals surface area contributed by atoms with E-state index in [1.54, 1.807) is 0 Å². The zero-order chi connectivity index (χ0) is 9.15. The summed E-state index contributed by atoms with van der Waals surface area (Å²) >= 11 is 0. The number of hydrogen-bond acceptors (Lipinski definition) is 4. The second kappa shape index (κ2) is 3.92. The average molecular weight is 187 g/mol. The van der Waals surface area contributed by atoms with Crippen LogP contribution in [0.25, 0.3) is 0 Å². The van der Waals surface area contributed by atoms with E-state index in [0.717, 1.165) is 45.9 Å². The molecule has 0 aromatic carbocycles. The molecule has 0 saturated carbocycles. The fourth-order valence-corrected chi connectivity index (χ4v) is 2.07. The SMILES string of the molecule is OCCC1(N2CCOCC2)COC1. The van der Waals surface area contributed by atoms with E-state index >= 15 is 0 Å². The molecule has 4 nitrogen and oxygen atoms in total. The molecule has 0 bridgehead atoms. The van der Waals surface area contributed by atoms with Gasteiger partial charge in [0.2, 0.25) is 0 Å². The summed E-state index contributed by atoms with van der Waals surface area (Å²) in [4.78, 5) is 2.40. The molecule has 0 atom stereocenters. The van der Waals surface area contributed by atoms with E-state index in [2.05, 4.69) is 4.90 Å². The average Bonchev–Trinajstić information content (AvgIpc) is 2.13. The number of ether oxygens (including phenoxy) is 2. The molecule has 2 heterocycles. The topological polar surface area (TPSA) is 41.9 Å². The maximum atomic E-state index is 8.98. The highest BCUT2D eigenvalue weighted by Gasteiger charge is 2.43. The molecule has 0 aromatic heterocycles. The molecule has 0 unspecified atom stereocenters. The van der Waals surface area contributed by atoms with E-state index in [4.69, 9.17) is 14.6 Å². The molecule has 0 radical (unpaired) electrons. The van der Waals surface area contributed by atoms with Crippen molar-refractivity contribution in [1.82, 2.24) is 4.90 Å². The highest BCUT2D eigenvalue weighted by atomic mass is 16.5. The number of aliphatic hydroxyl groups is 1. The maximum absolute atomic E-state index is 8.98. The standard InChI is InChI=1S/C9H17NO3/c11-4-1-9(7-13-8-9)10-2-5-12-6-3-10/h11H,1-8H2. The fraction of sp³-hybridized carbons (Fsp3) is 1.00. The van der Waals surface area contributed by atoms with Crippen molar-refractivity contribution >= 4 is 0 Å². The fourth-order valence-electron chi connectivity index (χ4n) is 2.07. The number of nitrogens with zero attached hydrogens (tertiary/aromatic N) is 1. The van der Waals surface area contributed by atoms with Crippen LogP contribution in [0.1, 0.15) is 6.42 Å². The Bertz CT molecular complexity index is 164. The van der Waals surface area contributed by atoms with Crippen LogP contribution in [0.5, 0.6) is 0 Å². The molecular formula is C9H17NO3. The first-order valence-electron chi connectivity index (χ1n) is 4.89. The zero-order valence-electron chi connectivity index (χ0n) is 7.87. The quantitative estimate of drug-likeness (QED) is 0.645. The van der Waals surface area contributed by atoms with Crippen molar-refractivity contribution in [2.75, 3.05) is 46.1 Å². The number of morpholine rings is 1. The summed E-state index contributed by atoms with van der Waals surface area (Å²) in [6.45, 7) is 5.37. The van der Waals surface area contributed by atoms with Crippen LogP contribution in [0, 0.1) is 0 Å². The molecule has 2 fully saturated rings. The van der Waals surface area contributed by atoms with Crippen LogP contribution in [-0.4, -0.2) is 61.7 Å². The van der Waals surface area contributed by atoms with Crippen LogP contribution in [-0.2, 0) is 9.47 Å². The summed E-state index contributed by atoms with van der Waals surface area (Å²) < 4.78 is 10.5. The molecule has 2 aliphatic heterocycles. The van der Waals surface area contributed by atoms with Gasteiger partial charge in [-0.2, -0.15) is 0 Å². The van der Waals surface area contributed by atoms with E-state index in [1.165, 1.54) is 0 Å². The molecule has 4 heteroatoms. The van der Waals surface area contributed by atoms with Crippen LogP contribution in [0.3, 0.4) is 0 Å². The molecule has 2 saturated heterocycles. The highest BCUT2D eigenvalue weighted by molar-refractivity contribution is 4.97. The van der Waals surface area contributed by atoms with Gasteiger partial charge in [0.1, 0.15) is 0 Å². The predicted octanol–water partition coefficient (Wildman–Crippen LogP) is -0.530. The Kier molecular flexibility index (Phi) is 2.83. The van der Waals surface area contributed by atoms with Gasteiger partial charge >= 0.3 is 0 Å². The van der Waals surface area contributed by atoms with Gasteiger partial charge in [-0.1, -0.05) is 0 Å². The molecule has 2 rings (SSSR count). The highest BCUT2D eigenvalue weighted by Crippen LogP contribution is 2.29. The lowest BCUT2D eigenvalue weighted by molar-refractivity contribution is -0.167. The third-order valence-electron chi connectivity index (χ3n) is 3.00. The molecule has 13 heavy (non-hydrogen) atoms. The minimum absolute atomic E-state index is 0.124. The summed E-state index contributed by atoms with van der Waals surface area (Å²) in [5, 5.41) is 8.98. The van der Waals surface area contributed by atoms with Crippen LogP contribution in [0.4, 0.5) is 0 Å². The van der Waals surface area contributed by atoms with Crippen LogP contribution in [0.2, 0.25) is 0 Å². The Morgan fingerprint density at radius 2 is 1.85 bits per heavy atom. The summed E-state index contributed by atoms with van der Waals surface area (Å²) in [5.74, 6) is 0.